The fraction of sp³-hybridized carbons (Fsp3) is 0.533. The van der Waals surface area contributed by atoms with Gasteiger partial charge in [-0.3, -0.25) is 9.69 Å². The Kier molecular flexibility index (Phi) is 4.76. The molecule has 1 aromatic carbocycles. The van der Waals surface area contributed by atoms with Crippen LogP contribution in [0, 0.1) is 5.92 Å². The van der Waals surface area contributed by atoms with Crippen LogP contribution in [-0.2, 0) is 11.3 Å². The van der Waals surface area contributed by atoms with Gasteiger partial charge in [-0.05, 0) is 38.4 Å². The lowest BCUT2D eigenvalue weighted by Crippen LogP contribution is -2.40. The van der Waals surface area contributed by atoms with E-state index in [2.05, 4.69) is 34.5 Å². The van der Waals surface area contributed by atoms with E-state index in [1.807, 2.05) is 13.0 Å². The van der Waals surface area contributed by atoms with Crippen molar-refractivity contribution < 1.29 is 4.79 Å². The Morgan fingerprint density at radius 2 is 1.94 bits per heavy atom. The van der Waals surface area contributed by atoms with Gasteiger partial charge in [0.2, 0.25) is 5.91 Å². The standard InChI is InChI=1S/C15H22N2O/c1-2-16-15(18)14-8-10-17(11-9-14)12-13-6-4-3-5-7-13/h3-7,14H,2,8-12H2,1H3,(H,16,18). The number of nitrogens with zero attached hydrogens (tertiary/aromatic N) is 1. The van der Waals surface area contributed by atoms with Gasteiger partial charge >= 0.3 is 0 Å². The third kappa shape index (κ3) is 3.57. The summed E-state index contributed by atoms with van der Waals surface area (Å²) in [5, 5.41) is 2.92. The largest absolute Gasteiger partial charge is 0.356 e. The molecule has 98 valence electrons. The van der Waals surface area contributed by atoms with Crippen LogP contribution in [0.2, 0.25) is 0 Å². The first-order chi connectivity index (χ1) is 8.79. The van der Waals surface area contributed by atoms with Gasteiger partial charge in [0.15, 0.2) is 0 Å². The van der Waals surface area contributed by atoms with Crippen molar-refractivity contribution in [1.29, 1.82) is 0 Å². The van der Waals surface area contributed by atoms with E-state index in [0.717, 1.165) is 39.0 Å². The molecule has 3 nitrogen and oxygen atoms in total. The van der Waals surface area contributed by atoms with Crippen molar-refractivity contribution in [2.24, 2.45) is 5.92 Å². The van der Waals surface area contributed by atoms with E-state index in [0.29, 0.717) is 0 Å². The Morgan fingerprint density at radius 3 is 2.56 bits per heavy atom. The van der Waals surface area contributed by atoms with Gasteiger partial charge in [-0.25, -0.2) is 0 Å². The van der Waals surface area contributed by atoms with Gasteiger partial charge in [-0.15, -0.1) is 0 Å². The highest BCUT2D eigenvalue weighted by atomic mass is 16.1. The first kappa shape index (κ1) is 13.1. The summed E-state index contributed by atoms with van der Waals surface area (Å²) >= 11 is 0. The fourth-order valence-corrected chi connectivity index (χ4v) is 2.51. The molecule has 1 aliphatic rings. The SMILES string of the molecule is CCNC(=O)C1CCN(Cc2ccccc2)CC1. The van der Waals surface area contributed by atoms with Gasteiger partial charge in [0.05, 0.1) is 0 Å². The quantitative estimate of drug-likeness (QED) is 0.881. The van der Waals surface area contributed by atoms with Crippen LogP contribution in [0.4, 0.5) is 0 Å². The van der Waals surface area contributed by atoms with Crippen molar-refractivity contribution in [3.8, 4) is 0 Å². The summed E-state index contributed by atoms with van der Waals surface area (Å²) in [6.07, 6.45) is 1.97. The molecule has 1 heterocycles. The molecule has 0 radical (unpaired) electrons. The Labute approximate surface area is 109 Å². The summed E-state index contributed by atoms with van der Waals surface area (Å²) in [5.74, 6) is 0.453. The average Bonchev–Trinajstić information content (AvgIpc) is 2.41. The third-order valence-electron chi connectivity index (χ3n) is 3.56. The monoisotopic (exact) mass is 246 g/mol. The number of benzene rings is 1. The topological polar surface area (TPSA) is 32.3 Å². The van der Waals surface area contributed by atoms with Crippen molar-refractivity contribution >= 4 is 5.91 Å². The number of likely N-dealkylation sites (tertiary alicyclic amines) is 1. The minimum atomic E-state index is 0.219. The van der Waals surface area contributed by atoms with E-state index < -0.39 is 0 Å². The maximum absolute atomic E-state index is 11.7. The fourth-order valence-electron chi connectivity index (χ4n) is 2.51. The molecule has 18 heavy (non-hydrogen) atoms. The molecule has 0 saturated carbocycles. The van der Waals surface area contributed by atoms with Gasteiger partial charge in [0.25, 0.3) is 0 Å². The van der Waals surface area contributed by atoms with Crippen molar-refractivity contribution in [1.82, 2.24) is 10.2 Å². The molecule has 1 aliphatic heterocycles. The molecule has 1 N–H and O–H groups in total. The molecule has 2 rings (SSSR count). The van der Waals surface area contributed by atoms with E-state index >= 15 is 0 Å². The molecule has 1 fully saturated rings. The molecule has 0 aliphatic carbocycles. The molecule has 0 atom stereocenters. The zero-order chi connectivity index (χ0) is 12.8. The van der Waals surface area contributed by atoms with Crippen LogP contribution in [0.25, 0.3) is 0 Å². The molecule has 0 unspecified atom stereocenters. The Balaban J connectivity index is 1.78. The number of nitrogens with one attached hydrogen (secondary N) is 1. The molecule has 0 bridgehead atoms. The smallest absolute Gasteiger partial charge is 0.223 e. The third-order valence-corrected chi connectivity index (χ3v) is 3.56. The van der Waals surface area contributed by atoms with Crippen molar-refractivity contribution in [2.75, 3.05) is 19.6 Å². The van der Waals surface area contributed by atoms with Crippen LogP contribution in [-0.4, -0.2) is 30.4 Å². The highest BCUT2D eigenvalue weighted by molar-refractivity contribution is 5.78. The summed E-state index contributed by atoms with van der Waals surface area (Å²) in [6.45, 7) is 5.77. The van der Waals surface area contributed by atoms with Crippen molar-refractivity contribution in [3.05, 3.63) is 35.9 Å². The van der Waals surface area contributed by atoms with Gasteiger partial charge in [-0.1, -0.05) is 30.3 Å². The van der Waals surface area contributed by atoms with Gasteiger partial charge in [0.1, 0.15) is 0 Å². The summed E-state index contributed by atoms with van der Waals surface area (Å²) in [6, 6.07) is 10.5. The summed E-state index contributed by atoms with van der Waals surface area (Å²) in [4.78, 5) is 14.2. The normalized spacial score (nSPS) is 17.6. The Hall–Kier alpha value is -1.35. The van der Waals surface area contributed by atoms with Crippen LogP contribution in [0.5, 0.6) is 0 Å². The van der Waals surface area contributed by atoms with Crippen molar-refractivity contribution in [3.63, 3.8) is 0 Å². The summed E-state index contributed by atoms with van der Waals surface area (Å²) < 4.78 is 0. The van der Waals surface area contributed by atoms with Crippen LogP contribution >= 0.6 is 0 Å². The van der Waals surface area contributed by atoms with E-state index in [-0.39, 0.29) is 11.8 Å². The second kappa shape index (κ2) is 6.55. The Bertz CT molecular complexity index is 369. The lowest BCUT2D eigenvalue weighted by molar-refractivity contribution is -0.126. The van der Waals surface area contributed by atoms with E-state index in [1.54, 1.807) is 0 Å². The van der Waals surface area contributed by atoms with Crippen LogP contribution in [0.3, 0.4) is 0 Å². The van der Waals surface area contributed by atoms with Gasteiger partial charge in [0, 0.05) is 19.0 Å². The molecule has 1 saturated heterocycles. The molecule has 3 heteroatoms. The number of piperidine rings is 1. The highest BCUT2D eigenvalue weighted by Crippen LogP contribution is 2.19. The van der Waals surface area contributed by atoms with Crippen LogP contribution < -0.4 is 5.32 Å². The number of hydrogen-bond acceptors (Lipinski definition) is 2. The number of carbonyl (C=O) groups excluding carboxylic acids is 1. The first-order valence-corrected chi connectivity index (χ1v) is 6.83. The minimum Gasteiger partial charge on any atom is -0.356 e. The summed E-state index contributed by atoms with van der Waals surface area (Å²) in [7, 11) is 0. The number of carbonyl (C=O) groups is 1. The first-order valence-electron chi connectivity index (χ1n) is 6.83. The maximum atomic E-state index is 11.7. The average molecular weight is 246 g/mol. The lowest BCUT2D eigenvalue weighted by Gasteiger charge is -2.31. The van der Waals surface area contributed by atoms with E-state index in [9.17, 15) is 4.79 Å². The number of rotatable bonds is 4. The molecule has 0 aromatic heterocycles. The second-order valence-corrected chi connectivity index (χ2v) is 4.93. The predicted octanol–water partition coefficient (Wildman–Crippen LogP) is 2.03. The predicted molar refractivity (Wildman–Crippen MR) is 73.1 cm³/mol. The Morgan fingerprint density at radius 1 is 1.28 bits per heavy atom. The number of hydrogen-bond donors (Lipinski definition) is 1. The zero-order valence-electron chi connectivity index (χ0n) is 11.1. The molecular weight excluding hydrogens is 224 g/mol. The minimum absolute atomic E-state index is 0.219. The highest BCUT2D eigenvalue weighted by Gasteiger charge is 2.24. The maximum Gasteiger partial charge on any atom is 0.223 e. The number of amides is 1. The van der Waals surface area contributed by atoms with Gasteiger partial charge in [-0.2, -0.15) is 0 Å². The van der Waals surface area contributed by atoms with E-state index in [4.69, 9.17) is 0 Å². The van der Waals surface area contributed by atoms with Crippen molar-refractivity contribution in [2.45, 2.75) is 26.3 Å². The summed E-state index contributed by atoms with van der Waals surface area (Å²) in [5.41, 5.74) is 1.36. The second-order valence-electron chi connectivity index (χ2n) is 4.93. The lowest BCUT2D eigenvalue weighted by atomic mass is 9.95. The van der Waals surface area contributed by atoms with Gasteiger partial charge < -0.3 is 5.32 Å². The van der Waals surface area contributed by atoms with Crippen LogP contribution in [0.15, 0.2) is 30.3 Å². The molecular formula is C15H22N2O. The molecule has 1 aromatic rings. The zero-order valence-corrected chi connectivity index (χ0v) is 11.1. The van der Waals surface area contributed by atoms with Crippen LogP contribution in [0.1, 0.15) is 25.3 Å². The van der Waals surface area contributed by atoms with E-state index in [1.165, 1.54) is 5.56 Å². The molecule has 0 spiro atoms. The molecule has 1 amide bonds.